The molecule has 0 spiro atoms. The molecular formula is C7H9NO3S. The molecule has 0 saturated heterocycles. The van der Waals surface area contributed by atoms with E-state index in [1.165, 1.54) is 18.4 Å². The van der Waals surface area contributed by atoms with Crippen LogP contribution in [0, 0.1) is 6.92 Å². The lowest BCUT2D eigenvalue weighted by atomic mass is 10.4. The summed E-state index contributed by atoms with van der Waals surface area (Å²) in [6, 6.07) is 0. The number of thiophene rings is 1. The second-order valence-corrected chi connectivity index (χ2v) is 3.25. The summed E-state index contributed by atoms with van der Waals surface area (Å²) >= 11 is 1.45. The second kappa shape index (κ2) is 3.44. The average molecular weight is 187 g/mol. The number of hydrogen-bond donors (Lipinski definition) is 2. The minimum atomic E-state index is -1.07. The molecule has 1 aromatic heterocycles. The van der Waals surface area contributed by atoms with E-state index in [1.54, 1.807) is 5.38 Å². The van der Waals surface area contributed by atoms with Gasteiger partial charge >= 0.3 is 6.09 Å². The number of aryl methyl sites for hydroxylation is 1. The molecule has 1 rings (SSSR count). The molecular weight excluding hydrogens is 178 g/mol. The summed E-state index contributed by atoms with van der Waals surface area (Å²) in [6.45, 7) is 1.83. The van der Waals surface area contributed by atoms with Gasteiger partial charge in [0, 0.05) is 10.3 Å². The summed E-state index contributed by atoms with van der Waals surface area (Å²) in [4.78, 5) is 11.2. The van der Waals surface area contributed by atoms with Gasteiger partial charge in [-0.2, -0.15) is 0 Å². The van der Waals surface area contributed by atoms with Gasteiger partial charge in [0.05, 0.1) is 12.8 Å². The summed E-state index contributed by atoms with van der Waals surface area (Å²) in [5.41, 5.74) is 0.537. The molecule has 5 heteroatoms. The van der Waals surface area contributed by atoms with Gasteiger partial charge in [-0.15, -0.1) is 11.3 Å². The fourth-order valence-corrected chi connectivity index (χ4v) is 1.61. The third-order valence-corrected chi connectivity index (χ3v) is 2.28. The number of nitrogens with one attached hydrogen (secondary N) is 1. The predicted molar refractivity (Wildman–Crippen MR) is 47.3 cm³/mol. The van der Waals surface area contributed by atoms with E-state index >= 15 is 0 Å². The molecule has 0 saturated carbocycles. The Morgan fingerprint density at radius 1 is 1.75 bits per heavy atom. The van der Waals surface area contributed by atoms with Crippen LogP contribution in [0.25, 0.3) is 0 Å². The Labute approximate surface area is 73.8 Å². The van der Waals surface area contributed by atoms with Crippen molar-refractivity contribution in [3.8, 4) is 5.75 Å². The maximum Gasteiger partial charge on any atom is 0.409 e. The zero-order chi connectivity index (χ0) is 9.14. The Kier molecular flexibility index (Phi) is 2.54. The molecule has 0 aliphatic heterocycles. The van der Waals surface area contributed by atoms with Crippen LogP contribution in [0.1, 0.15) is 4.88 Å². The molecule has 1 aromatic rings. The fourth-order valence-electron chi connectivity index (χ4n) is 0.840. The molecule has 0 unspecified atom stereocenters. The summed E-state index contributed by atoms with van der Waals surface area (Å²) in [5, 5.41) is 12.5. The van der Waals surface area contributed by atoms with Crippen molar-refractivity contribution in [2.75, 3.05) is 12.4 Å². The van der Waals surface area contributed by atoms with E-state index in [1.807, 2.05) is 6.92 Å². The molecule has 0 atom stereocenters. The summed E-state index contributed by atoms with van der Waals surface area (Å²) in [7, 11) is 1.51. The predicted octanol–water partition coefficient (Wildman–Crippen LogP) is 2.16. The molecule has 2 N–H and O–H groups in total. The number of rotatable bonds is 2. The lowest BCUT2D eigenvalue weighted by Gasteiger charge is -2.02. The smallest absolute Gasteiger partial charge is 0.409 e. The van der Waals surface area contributed by atoms with Crippen molar-refractivity contribution in [3.05, 3.63) is 10.3 Å². The molecule has 0 aromatic carbocycles. The van der Waals surface area contributed by atoms with E-state index in [2.05, 4.69) is 5.32 Å². The van der Waals surface area contributed by atoms with Crippen LogP contribution in [0.2, 0.25) is 0 Å². The first kappa shape index (κ1) is 8.86. The molecule has 4 nitrogen and oxygen atoms in total. The first-order chi connectivity index (χ1) is 5.65. The van der Waals surface area contributed by atoms with Crippen LogP contribution in [0.4, 0.5) is 10.5 Å². The molecule has 1 amide bonds. The minimum Gasteiger partial charge on any atom is -0.494 e. The van der Waals surface area contributed by atoms with E-state index < -0.39 is 6.09 Å². The van der Waals surface area contributed by atoms with E-state index in [9.17, 15) is 4.79 Å². The Balaban J connectivity index is 2.94. The zero-order valence-electron chi connectivity index (χ0n) is 6.75. The van der Waals surface area contributed by atoms with Crippen molar-refractivity contribution in [1.82, 2.24) is 0 Å². The minimum absolute atomic E-state index is 0.537. The first-order valence-electron chi connectivity index (χ1n) is 3.27. The first-order valence-corrected chi connectivity index (χ1v) is 4.15. The van der Waals surface area contributed by atoms with Gasteiger partial charge in [0.1, 0.15) is 0 Å². The van der Waals surface area contributed by atoms with Crippen molar-refractivity contribution in [1.29, 1.82) is 0 Å². The third-order valence-electron chi connectivity index (χ3n) is 1.39. The van der Waals surface area contributed by atoms with Crippen molar-refractivity contribution < 1.29 is 14.6 Å². The average Bonchev–Trinajstić information content (AvgIpc) is 2.32. The van der Waals surface area contributed by atoms with Crippen LogP contribution >= 0.6 is 11.3 Å². The number of carbonyl (C=O) groups is 1. The van der Waals surface area contributed by atoms with Crippen LogP contribution in [-0.4, -0.2) is 18.3 Å². The van der Waals surface area contributed by atoms with Crippen molar-refractivity contribution in [2.24, 2.45) is 0 Å². The lowest BCUT2D eigenvalue weighted by molar-refractivity contribution is 0.209. The quantitative estimate of drug-likeness (QED) is 0.745. The van der Waals surface area contributed by atoms with Crippen LogP contribution in [0.5, 0.6) is 5.75 Å². The van der Waals surface area contributed by atoms with Crippen LogP contribution in [-0.2, 0) is 0 Å². The topological polar surface area (TPSA) is 58.6 Å². The highest BCUT2D eigenvalue weighted by Gasteiger charge is 2.10. The molecule has 1 heterocycles. The van der Waals surface area contributed by atoms with Crippen molar-refractivity contribution in [3.63, 3.8) is 0 Å². The summed E-state index contributed by atoms with van der Waals surface area (Å²) in [5.74, 6) is 0.569. The number of amides is 1. The molecule has 0 aliphatic carbocycles. The van der Waals surface area contributed by atoms with Crippen LogP contribution < -0.4 is 10.1 Å². The van der Waals surface area contributed by atoms with Crippen LogP contribution in [0.3, 0.4) is 0 Å². The Morgan fingerprint density at radius 2 is 2.42 bits per heavy atom. The van der Waals surface area contributed by atoms with Crippen LogP contribution in [0.15, 0.2) is 5.38 Å². The monoisotopic (exact) mass is 187 g/mol. The highest BCUT2D eigenvalue weighted by atomic mass is 32.1. The van der Waals surface area contributed by atoms with E-state index in [0.717, 1.165) is 4.88 Å². The SMILES string of the molecule is COc1csc(C)c1NC(=O)O. The van der Waals surface area contributed by atoms with Gasteiger partial charge in [0.2, 0.25) is 0 Å². The fraction of sp³-hybridized carbons (Fsp3) is 0.286. The molecule has 12 heavy (non-hydrogen) atoms. The number of hydrogen-bond acceptors (Lipinski definition) is 3. The van der Waals surface area contributed by atoms with E-state index in [-0.39, 0.29) is 0 Å². The number of carboxylic acid groups (broad SMARTS) is 1. The highest BCUT2D eigenvalue weighted by Crippen LogP contribution is 2.33. The van der Waals surface area contributed by atoms with Crippen molar-refractivity contribution in [2.45, 2.75) is 6.92 Å². The number of anilines is 1. The molecule has 0 bridgehead atoms. The molecule has 0 radical (unpaired) electrons. The standard InChI is InChI=1S/C7H9NO3S/c1-4-6(8-7(9)10)5(11-2)3-12-4/h3,8H,1-2H3,(H,9,10). The molecule has 66 valence electrons. The van der Waals surface area contributed by atoms with Gasteiger partial charge in [-0.1, -0.05) is 0 Å². The van der Waals surface area contributed by atoms with Gasteiger partial charge in [-0.25, -0.2) is 4.79 Å². The number of methoxy groups -OCH3 is 1. The summed E-state index contributed by atoms with van der Waals surface area (Å²) in [6.07, 6.45) is -1.07. The normalized spacial score (nSPS) is 9.50. The second-order valence-electron chi connectivity index (χ2n) is 2.17. The van der Waals surface area contributed by atoms with E-state index in [4.69, 9.17) is 9.84 Å². The van der Waals surface area contributed by atoms with E-state index in [0.29, 0.717) is 11.4 Å². The Morgan fingerprint density at radius 3 is 2.92 bits per heavy atom. The molecule has 0 aliphatic rings. The van der Waals surface area contributed by atoms with Crippen molar-refractivity contribution >= 4 is 23.1 Å². The maximum atomic E-state index is 10.3. The Hall–Kier alpha value is -1.23. The number of ether oxygens (including phenoxy) is 1. The van der Waals surface area contributed by atoms with Gasteiger partial charge in [-0.05, 0) is 6.92 Å². The Bertz CT molecular complexity index is 295. The van der Waals surface area contributed by atoms with Gasteiger partial charge in [-0.3, -0.25) is 5.32 Å². The maximum absolute atomic E-state index is 10.3. The zero-order valence-corrected chi connectivity index (χ0v) is 7.57. The molecule has 0 fully saturated rings. The lowest BCUT2D eigenvalue weighted by Crippen LogP contribution is -2.08. The summed E-state index contributed by atoms with van der Waals surface area (Å²) < 4.78 is 4.95. The largest absolute Gasteiger partial charge is 0.494 e. The van der Waals surface area contributed by atoms with Gasteiger partial charge < -0.3 is 9.84 Å². The third kappa shape index (κ3) is 1.68. The van der Waals surface area contributed by atoms with Gasteiger partial charge in [0.15, 0.2) is 5.75 Å². The highest BCUT2D eigenvalue weighted by molar-refractivity contribution is 7.10. The van der Waals surface area contributed by atoms with Gasteiger partial charge in [0.25, 0.3) is 0 Å².